The first kappa shape index (κ1) is 10.6. The highest BCUT2D eigenvalue weighted by Crippen LogP contribution is 2.20. The summed E-state index contributed by atoms with van der Waals surface area (Å²) in [5.41, 5.74) is 2.67. The van der Waals surface area contributed by atoms with E-state index in [1.807, 2.05) is 12.1 Å². The smallest absolute Gasteiger partial charge is 0.250 e. The molecular formula is C12H15F2N. The van der Waals surface area contributed by atoms with Gasteiger partial charge in [-0.1, -0.05) is 24.3 Å². The molecule has 0 bridgehead atoms. The van der Waals surface area contributed by atoms with Crippen LogP contribution in [0.1, 0.15) is 17.5 Å². The Hall–Kier alpha value is -0.960. The molecule has 0 heterocycles. The zero-order valence-electron chi connectivity index (χ0n) is 8.55. The molecule has 0 radical (unpaired) electrons. The Labute approximate surface area is 88.5 Å². The summed E-state index contributed by atoms with van der Waals surface area (Å²) in [6, 6.07) is 8.47. The highest BCUT2D eigenvalue weighted by molar-refractivity contribution is 5.30. The summed E-state index contributed by atoms with van der Waals surface area (Å²) < 4.78 is 24.0. The van der Waals surface area contributed by atoms with Crippen molar-refractivity contribution in [1.82, 2.24) is 5.32 Å². The van der Waals surface area contributed by atoms with E-state index >= 15 is 0 Å². The van der Waals surface area contributed by atoms with Crippen LogP contribution in [0.3, 0.4) is 0 Å². The molecule has 1 aromatic rings. The van der Waals surface area contributed by atoms with Gasteiger partial charge in [-0.2, -0.15) is 0 Å². The quantitative estimate of drug-likeness (QED) is 0.809. The molecule has 1 unspecified atom stereocenters. The van der Waals surface area contributed by atoms with Gasteiger partial charge in [-0.3, -0.25) is 0 Å². The van der Waals surface area contributed by atoms with Crippen LogP contribution in [0.15, 0.2) is 24.3 Å². The van der Waals surface area contributed by atoms with Crippen molar-refractivity contribution in [2.45, 2.75) is 31.7 Å². The molecule has 0 spiro atoms. The van der Waals surface area contributed by atoms with Gasteiger partial charge in [0.05, 0.1) is 6.54 Å². The van der Waals surface area contributed by atoms with Crippen LogP contribution in [0.25, 0.3) is 0 Å². The lowest BCUT2D eigenvalue weighted by molar-refractivity contribution is 0.140. The number of fused-ring (bicyclic) bond motifs is 1. The number of hydrogen-bond donors (Lipinski definition) is 1. The van der Waals surface area contributed by atoms with E-state index in [2.05, 4.69) is 17.4 Å². The summed E-state index contributed by atoms with van der Waals surface area (Å²) in [7, 11) is 0. The fourth-order valence-electron chi connectivity index (χ4n) is 2.13. The highest BCUT2D eigenvalue weighted by atomic mass is 19.3. The van der Waals surface area contributed by atoms with E-state index < -0.39 is 6.43 Å². The van der Waals surface area contributed by atoms with E-state index in [4.69, 9.17) is 0 Å². The zero-order chi connectivity index (χ0) is 10.7. The molecule has 82 valence electrons. The minimum absolute atomic E-state index is 0.188. The summed E-state index contributed by atoms with van der Waals surface area (Å²) in [5, 5.41) is 2.91. The molecule has 0 saturated carbocycles. The van der Waals surface area contributed by atoms with Gasteiger partial charge < -0.3 is 5.32 Å². The molecule has 3 heteroatoms. The fourth-order valence-corrected chi connectivity index (χ4v) is 2.13. The van der Waals surface area contributed by atoms with Crippen LogP contribution in [0.2, 0.25) is 0 Å². The third-order valence-corrected chi connectivity index (χ3v) is 2.91. The van der Waals surface area contributed by atoms with E-state index in [9.17, 15) is 8.78 Å². The lowest BCUT2D eigenvalue weighted by Crippen LogP contribution is -2.37. The summed E-state index contributed by atoms with van der Waals surface area (Å²) in [6.07, 6.45) is 0.589. The predicted octanol–water partition coefficient (Wildman–Crippen LogP) is 2.40. The average molecular weight is 211 g/mol. The first-order valence-electron chi connectivity index (χ1n) is 5.34. The molecule has 15 heavy (non-hydrogen) atoms. The number of hydrogen-bond acceptors (Lipinski definition) is 1. The summed E-state index contributed by atoms with van der Waals surface area (Å²) in [5.74, 6) is 0. The van der Waals surface area contributed by atoms with Gasteiger partial charge in [0.2, 0.25) is 0 Å². The lowest BCUT2D eigenvalue weighted by atomic mass is 9.88. The molecule has 0 fully saturated rings. The minimum Gasteiger partial charge on any atom is -0.308 e. The number of nitrogens with one attached hydrogen (secondary N) is 1. The molecule has 1 aromatic carbocycles. The molecule has 0 saturated heterocycles. The molecule has 1 N–H and O–H groups in total. The molecule has 0 amide bonds. The highest BCUT2D eigenvalue weighted by Gasteiger charge is 2.18. The van der Waals surface area contributed by atoms with Crippen LogP contribution < -0.4 is 5.32 Å². The average Bonchev–Trinajstić information content (AvgIpc) is 2.26. The van der Waals surface area contributed by atoms with Crippen molar-refractivity contribution in [3.05, 3.63) is 35.4 Å². The molecule has 0 aliphatic heterocycles. The van der Waals surface area contributed by atoms with Crippen molar-refractivity contribution in [3.63, 3.8) is 0 Å². The van der Waals surface area contributed by atoms with E-state index in [-0.39, 0.29) is 12.6 Å². The van der Waals surface area contributed by atoms with Crippen molar-refractivity contribution < 1.29 is 8.78 Å². The minimum atomic E-state index is -2.25. The van der Waals surface area contributed by atoms with Gasteiger partial charge in [-0.15, -0.1) is 0 Å². The monoisotopic (exact) mass is 211 g/mol. The van der Waals surface area contributed by atoms with E-state index in [0.29, 0.717) is 0 Å². The van der Waals surface area contributed by atoms with E-state index in [1.54, 1.807) is 0 Å². The zero-order valence-corrected chi connectivity index (χ0v) is 8.55. The molecule has 1 atom stereocenters. The van der Waals surface area contributed by atoms with Crippen molar-refractivity contribution in [2.75, 3.05) is 6.54 Å². The van der Waals surface area contributed by atoms with Crippen molar-refractivity contribution in [1.29, 1.82) is 0 Å². The largest absolute Gasteiger partial charge is 0.308 e. The van der Waals surface area contributed by atoms with Gasteiger partial charge in [0.1, 0.15) is 0 Å². The van der Waals surface area contributed by atoms with Crippen LogP contribution in [0.4, 0.5) is 8.78 Å². The normalized spacial score (nSPS) is 20.3. The number of halogens is 2. The Morgan fingerprint density at radius 2 is 2.00 bits per heavy atom. The first-order valence-corrected chi connectivity index (χ1v) is 5.34. The van der Waals surface area contributed by atoms with Crippen molar-refractivity contribution >= 4 is 0 Å². The third kappa shape index (κ3) is 2.75. The lowest BCUT2D eigenvalue weighted by Gasteiger charge is -2.25. The Balaban J connectivity index is 1.94. The van der Waals surface area contributed by atoms with Gasteiger partial charge in [-0.25, -0.2) is 8.78 Å². The number of aryl methyl sites for hydroxylation is 1. The number of rotatable bonds is 3. The SMILES string of the molecule is FC(F)CNC1CCc2ccccc2C1. The topological polar surface area (TPSA) is 12.0 Å². The Morgan fingerprint density at radius 3 is 2.73 bits per heavy atom. The van der Waals surface area contributed by atoms with Gasteiger partial charge in [-0.05, 0) is 30.4 Å². The number of benzene rings is 1. The van der Waals surface area contributed by atoms with Crippen molar-refractivity contribution in [3.8, 4) is 0 Å². The van der Waals surface area contributed by atoms with Crippen molar-refractivity contribution in [2.24, 2.45) is 0 Å². The van der Waals surface area contributed by atoms with Crippen LogP contribution in [0.5, 0.6) is 0 Å². The standard InChI is InChI=1S/C12H15F2N/c13-12(14)8-15-11-6-5-9-3-1-2-4-10(9)7-11/h1-4,11-12,15H,5-8H2. The van der Waals surface area contributed by atoms with E-state index in [1.165, 1.54) is 11.1 Å². The predicted molar refractivity (Wildman–Crippen MR) is 56.3 cm³/mol. The van der Waals surface area contributed by atoms with Crippen LogP contribution in [-0.2, 0) is 12.8 Å². The summed E-state index contributed by atoms with van der Waals surface area (Å²) in [4.78, 5) is 0. The number of alkyl halides is 2. The Kier molecular flexibility index (Phi) is 3.31. The second-order valence-electron chi connectivity index (χ2n) is 4.01. The summed E-state index contributed by atoms with van der Waals surface area (Å²) >= 11 is 0. The van der Waals surface area contributed by atoms with Crippen LogP contribution in [-0.4, -0.2) is 19.0 Å². The molecule has 2 rings (SSSR count). The molecule has 1 nitrogen and oxygen atoms in total. The van der Waals surface area contributed by atoms with Crippen LogP contribution in [0, 0.1) is 0 Å². The van der Waals surface area contributed by atoms with Gasteiger partial charge in [0, 0.05) is 6.04 Å². The van der Waals surface area contributed by atoms with Gasteiger partial charge in [0.15, 0.2) is 0 Å². The van der Waals surface area contributed by atoms with E-state index in [0.717, 1.165) is 19.3 Å². The Bertz CT molecular complexity index is 325. The maximum atomic E-state index is 12.0. The molecule has 1 aliphatic rings. The first-order chi connectivity index (χ1) is 7.25. The molecular weight excluding hydrogens is 196 g/mol. The second-order valence-corrected chi connectivity index (χ2v) is 4.01. The third-order valence-electron chi connectivity index (χ3n) is 2.91. The molecule has 0 aromatic heterocycles. The maximum Gasteiger partial charge on any atom is 0.250 e. The molecule has 1 aliphatic carbocycles. The Morgan fingerprint density at radius 1 is 1.27 bits per heavy atom. The fraction of sp³-hybridized carbons (Fsp3) is 0.500. The summed E-state index contributed by atoms with van der Waals surface area (Å²) in [6.45, 7) is -0.188. The maximum absolute atomic E-state index is 12.0. The van der Waals surface area contributed by atoms with Crippen LogP contribution >= 0.6 is 0 Å². The van der Waals surface area contributed by atoms with Gasteiger partial charge in [0.25, 0.3) is 6.43 Å². The second kappa shape index (κ2) is 4.71. The van der Waals surface area contributed by atoms with Gasteiger partial charge >= 0.3 is 0 Å².